The molecule has 2 aromatic rings. The maximum Gasteiger partial charge on any atom is 0.326 e. The molecule has 2 aliphatic heterocycles. The van der Waals surface area contributed by atoms with Gasteiger partial charge in [-0.25, -0.2) is 4.79 Å². The Hall–Kier alpha value is -2.67. The fourth-order valence-corrected chi connectivity index (χ4v) is 4.67. The van der Waals surface area contributed by atoms with Crippen LogP contribution >= 0.6 is 0 Å². The summed E-state index contributed by atoms with van der Waals surface area (Å²) in [6.07, 6.45) is 0.351. The standard InChI is InChI=1S/C20H23N3O4/c1-11(24)8-17(19(26)27)23-18(25)16-9-13-12-6-4-5-7-14(12)21-15(13)10-22(16)20(23,2)3/h4-7,16-17,21H,8-10H2,1-3H3,(H,26,27)/t16-,17-/m0/s1. The lowest BCUT2D eigenvalue weighted by Gasteiger charge is -2.42. The van der Waals surface area contributed by atoms with E-state index in [9.17, 15) is 19.5 Å². The van der Waals surface area contributed by atoms with Crippen molar-refractivity contribution in [1.82, 2.24) is 14.8 Å². The van der Waals surface area contributed by atoms with E-state index in [1.54, 1.807) is 0 Å². The van der Waals surface area contributed by atoms with Crippen molar-refractivity contribution in [3.05, 3.63) is 35.5 Å². The third-order valence-corrected chi connectivity index (χ3v) is 5.90. The molecule has 1 fully saturated rings. The van der Waals surface area contributed by atoms with Gasteiger partial charge in [-0.15, -0.1) is 0 Å². The molecule has 0 aliphatic carbocycles. The molecule has 3 heterocycles. The number of carbonyl (C=O) groups excluding carboxylic acids is 2. The Morgan fingerprint density at radius 3 is 2.70 bits per heavy atom. The number of hydrogen-bond acceptors (Lipinski definition) is 4. The summed E-state index contributed by atoms with van der Waals surface area (Å²) in [4.78, 5) is 43.6. The number of benzene rings is 1. The molecule has 0 radical (unpaired) electrons. The van der Waals surface area contributed by atoms with Crippen molar-refractivity contribution in [2.24, 2.45) is 0 Å². The fraction of sp³-hybridized carbons (Fsp3) is 0.450. The highest BCUT2D eigenvalue weighted by molar-refractivity contribution is 5.94. The van der Waals surface area contributed by atoms with Gasteiger partial charge in [0.2, 0.25) is 5.91 Å². The minimum atomic E-state index is -1.15. The van der Waals surface area contributed by atoms with Crippen LogP contribution in [-0.2, 0) is 27.3 Å². The quantitative estimate of drug-likeness (QED) is 0.859. The number of nitrogens with zero attached hydrogens (tertiary/aromatic N) is 2. The number of carbonyl (C=O) groups is 3. The Morgan fingerprint density at radius 2 is 2.04 bits per heavy atom. The third-order valence-electron chi connectivity index (χ3n) is 5.90. The number of carboxylic acid groups (broad SMARTS) is 1. The summed E-state index contributed by atoms with van der Waals surface area (Å²) in [6, 6.07) is 6.44. The average molecular weight is 369 g/mol. The van der Waals surface area contributed by atoms with E-state index >= 15 is 0 Å². The highest BCUT2D eigenvalue weighted by Gasteiger charge is 2.56. The van der Waals surface area contributed by atoms with Gasteiger partial charge < -0.3 is 15.0 Å². The summed E-state index contributed by atoms with van der Waals surface area (Å²) < 4.78 is 0. The molecule has 7 heteroatoms. The molecule has 1 saturated heterocycles. The summed E-state index contributed by atoms with van der Waals surface area (Å²) in [7, 11) is 0. The molecule has 1 amide bonds. The lowest BCUT2D eigenvalue weighted by Crippen LogP contribution is -2.56. The number of aliphatic carboxylic acids is 1. The number of amides is 1. The molecule has 0 unspecified atom stereocenters. The van der Waals surface area contributed by atoms with Crippen LogP contribution < -0.4 is 0 Å². The second kappa shape index (κ2) is 5.92. The predicted octanol–water partition coefficient (Wildman–Crippen LogP) is 1.91. The smallest absolute Gasteiger partial charge is 0.326 e. The third kappa shape index (κ3) is 2.56. The second-order valence-corrected chi connectivity index (χ2v) is 7.94. The van der Waals surface area contributed by atoms with Gasteiger partial charge >= 0.3 is 5.97 Å². The van der Waals surface area contributed by atoms with Crippen molar-refractivity contribution in [1.29, 1.82) is 0 Å². The summed E-state index contributed by atoms with van der Waals surface area (Å²) in [5.74, 6) is -1.60. The first-order valence-corrected chi connectivity index (χ1v) is 9.12. The number of H-pyrrole nitrogens is 1. The fourth-order valence-electron chi connectivity index (χ4n) is 4.67. The lowest BCUT2D eigenvalue weighted by molar-refractivity contribution is -0.154. The van der Waals surface area contributed by atoms with E-state index in [4.69, 9.17) is 0 Å². The monoisotopic (exact) mass is 369 g/mol. The molecular formula is C20H23N3O4. The van der Waals surface area contributed by atoms with Crippen LogP contribution in [0.3, 0.4) is 0 Å². The molecule has 0 bridgehead atoms. The van der Waals surface area contributed by atoms with Crippen molar-refractivity contribution < 1.29 is 19.5 Å². The number of para-hydroxylation sites is 1. The van der Waals surface area contributed by atoms with E-state index in [1.807, 2.05) is 43.0 Å². The van der Waals surface area contributed by atoms with Crippen molar-refractivity contribution >= 4 is 28.6 Å². The molecule has 27 heavy (non-hydrogen) atoms. The van der Waals surface area contributed by atoms with Gasteiger partial charge in [-0.2, -0.15) is 0 Å². The molecular weight excluding hydrogens is 346 g/mol. The van der Waals surface area contributed by atoms with Crippen molar-refractivity contribution in [2.45, 2.75) is 57.9 Å². The van der Waals surface area contributed by atoms with Crippen LogP contribution in [0.25, 0.3) is 10.9 Å². The molecule has 1 aromatic carbocycles. The maximum absolute atomic E-state index is 13.2. The van der Waals surface area contributed by atoms with E-state index in [-0.39, 0.29) is 18.1 Å². The number of aromatic amines is 1. The zero-order valence-electron chi connectivity index (χ0n) is 15.7. The van der Waals surface area contributed by atoms with E-state index in [0.29, 0.717) is 13.0 Å². The van der Waals surface area contributed by atoms with Gasteiger partial charge in [0.25, 0.3) is 0 Å². The van der Waals surface area contributed by atoms with Crippen molar-refractivity contribution in [2.75, 3.05) is 0 Å². The number of hydrogen-bond donors (Lipinski definition) is 2. The Morgan fingerprint density at radius 1 is 1.33 bits per heavy atom. The van der Waals surface area contributed by atoms with Crippen LogP contribution in [-0.4, -0.2) is 55.3 Å². The molecule has 1 aromatic heterocycles. The van der Waals surface area contributed by atoms with E-state index in [2.05, 4.69) is 4.98 Å². The highest BCUT2D eigenvalue weighted by atomic mass is 16.4. The van der Waals surface area contributed by atoms with Crippen LogP contribution in [0, 0.1) is 0 Å². The number of ketones is 1. The molecule has 2 aliphatic rings. The van der Waals surface area contributed by atoms with E-state index < -0.39 is 23.7 Å². The largest absolute Gasteiger partial charge is 0.480 e. The summed E-state index contributed by atoms with van der Waals surface area (Å²) >= 11 is 0. The van der Waals surface area contributed by atoms with Gasteiger partial charge in [-0.05, 0) is 38.8 Å². The van der Waals surface area contributed by atoms with Crippen LogP contribution in [0.5, 0.6) is 0 Å². The lowest BCUT2D eigenvalue weighted by atomic mass is 9.96. The number of fused-ring (bicyclic) bond motifs is 4. The maximum atomic E-state index is 13.2. The number of carboxylic acids is 1. The molecule has 0 spiro atoms. The van der Waals surface area contributed by atoms with Gasteiger partial charge in [0.15, 0.2) is 0 Å². The van der Waals surface area contributed by atoms with Crippen LogP contribution in [0.4, 0.5) is 0 Å². The number of aromatic nitrogens is 1. The van der Waals surface area contributed by atoms with Crippen molar-refractivity contribution in [3.8, 4) is 0 Å². The number of Topliss-reactive ketones (excluding diaryl/α,β-unsaturated/α-hetero) is 1. The van der Waals surface area contributed by atoms with Crippen LogP contribution in [0.2, 0.25) is 0 Å². The minimum Gasteiger partial charge on any atom is -0.480 e. The normalized spacial score (nSPS) is 22.6. The summed E-state index contributed by atoms with van der Waals surface area (Å²) in [5.41, 5.74) is 2.44. The molecule has 2 N–H and O–H groups in total. The zero-order chi connectivity index (χ0) is 19.5. The first-order chi connectivity index (χ1) is 12.7. The molecule has 142 valence electrons. The van der Waals surface area contributed by atoms with Gasteiger partial charge in [0, 0.05) is 29.6 Å². The molecule has 4 rings (SSSR count). The van der Waals surface area contributed by atoms with E-state index in [0.717, 1.165) is 22.2 Å². The minimum absolute atomic E-state index is 0.181. The zero-order valence-corrected chi connectivity index (χ0v) is 15.7. The first-order valence-electron chi connectivity index (χ1n) is 9.12. The second-order valence-electron chi connectivity index (χ2n) is 7.94. The highest BCUT2D eigenvalue weighted by Crippen LogP contribution is 2.41. The Bertz CT molecular complexity index is 961. The average Bonchev–Trinajstić information content (AvgIpc) is 3.04. The van der Waals surface area contributed by atoms with Crippen LogP contribution in [0.15, 0.2) is 24.3 Å². The van der Waals surface area contributed by atoms with Gasteiger partial charge in [-0.3, -0.25) is 14.5 Å². The summed E-state index contributed by atoms with van der Waals surface area (Å²) in [5, 5.41) is 10.8. The molecule has 0 saturated carbocycles. The summed E-state index contributed by atoms with van der Waals surface area (Å²) in [6.45, 7) is 5.60. The first kappa shape index (κ1) is 17.7. The van der Waals surface area contributed by atoms with Crippen molar-refractivity contribution in [3.63, 3.8) is 0 Å². The van der Waals surface area contributed by atoms with E-state index in [1.165, 1.54) is 11.8 Å². The Labute approximate surface area is 156 Å². The topological polar surface area (TPSA) is 93.7 Å². The van der Waals surface area contributed by atoms with Gasteiger partial charge in [-0.1, -0.05) is 18.2 Å². The molecule has 2 atom stereocenters. The Balaban J connectivity index is 1.75. The van der Waals surface area contributed by atoms with Gasteiger partial charge in [0.1, 0.15) is 11.8 Å². The SMILES string of the molecule is CC(=O)C[C@@H](C(=O)O)N1C(=O)[C@@H]2Cc3c([nH]c4ccccc34)CN2C1(C)C. The Kier molecular flexibility index (Phi) is 3.89. The van der Waals surface area contributed by atoms with Gasteiger partial charge in [0.05, 0.1) is 11.7 Å². The van der Waals surface area contributed by atoms with Crippen LogP contribution in [0.1, 0.15) is 38.4 Å². The predicted molar refractivity (Wildman–Crippen MR) is 99.0 cm³/mol. The number of rotatable bonds is 4. The number of nitrogens with one attached hydrogen (secondary N) is 1. The molecule has 7 nitrogen and oxygen atoms in total.